The fourth-order valence-electron chi connectivity index (χ4n) is 26.1. The third-order valence-electron chi connectivity index (χ3n) is 25.2. The van der Waals surface area contributed by atoms with Crippen molar-refractivity contribution in [2.75, 3.05) is 0 Å². The lowest BCUT2D eigenvalue weighted by atomic mass is 9.46. The van der Waals surface area contributed by atoms with Crippen LogP contribution in [0.15, 0.2) is 24.3 Å². The summed E-state index contributed by atoms with van der Waals surface area (Å²) in [5, 5.41) is 1.91. The summed E-state index contributed by atoms with van der Waals surface area (Å²) >= 11 is 0. The van der Waals surface area contributed by atoms with E-state index in [-0.39, 0.29) is 11.1 Å². The van der Waals surface area contributed by atoms with Gasteiger partial charge in [-0.2, -0.15) is 0 Å². The molecule has 4 heteroatoms. The first-order chi connectivity index (χ1) is 31.8. The van der Waals surface area contributed by atoms with Gasteiger partial charge in [-0.25, -0.2) is 0 Å². The predicted molar refractivity (Wildman–Crippen MR) is 294 cm³/mol. The van der Waals surface area contributed by atoms with E-state index < -0.39 is 15.8 Å². The molecule has 1 aromatic carbocycles. The Morgan fingerprint density at radius 2 is 0.515 bits per heavy atom. The molecule has 0 nitrogen and oxygen atoms in total. The molecule has 0 amide bonds. The molecule has 10 atom stereocenters. The highest BCUT2D eigenvalue weighted by atomic mass is 31.1. The van der Waals surface area contributed by atoms with Crippen molar-refractivity contribution in [2.45, 2.75) is 243 Å². The average molecular weight is 951 g/mol. The Hall–Kier alpha value is 0.210. The lowest BCUT2D eigenvalue weighted by Crippen LogP contribution is -2.62. The average Bonchev–Trinajstić information content (AvgIpc) is 3.17. The van der Waals surface area contributed by atoms with E-state index in [4.69, 9.17) is 15.7 Å². The van der Waals surface area contributed by atoms with Crippen molar-refractivity contribution in [3.8, 4) is 0 Å². The molecule has 10 unspecified atom stereocenters. The standard InChI is InChI=1S/C64H98B2P2/c1-57(2,3)51-43-17-37-18-44(51)30-61(25-37,29-43)67(62-26-38-19-45(31-62)52(58(4,5)6)46(20-38)32-62)55(65)41-13-15-42(16-14-41)56(66)68(63-27-39-21-47(33-63)53(59(7,8)9)48(22-39)34-63)64-28-40-23-49(35-64)54(60(10,11)12)50(24-40)36-64/h13-16,37-40,43-56H,17-36H2,1-12H3. The van der Waals surface area contributed by atoms with Crippen LogP contribution in [0.1, 0.15) is 234 Å². The fourth-order valence-corrected chi connectivity index (χ4v) is 36.7. The molecule has 4 radical (unpaired) electrons. The summed E-state index contributed by atoms with van der Waals surface area (Å²) in [6.45, 7) is 31.2. The van der Waals surface area contributed by atoms with Crippen LogP contribution in [0, 0.1) is 116 Å². The van der Waals surface area contributed by atoms with Gasteiger partial charge in [0, 0.05) is 0 Å². The Morgan fingerprint density at radius 3 is 0.676 bits per heavy atom. The summed E-state index contributed by atoms with van der Waals surface area (Å²) in [6, 6.07) is 10.6. The first-order valence-electron chi connectivity index (χ1n) is 30.0. The van der Waals surface area contributed by atoms with Gasteiger partial charge in [0.25, 0.3) is 0 Å². The van der Waals surface area contributed by atoms with E-state index in [1.807, 2.05) is 0 Å². The van der Waals surface area contributed by atoms with Gasteiger partial charge in [-0.15, -0.1) is 0 Å². The summed E-state index contributed by atoms with van der Waals surface area (Å²) in [5.74, 6) is 14.7. The molecule has 0 aromatic heterocycles. The van der Waals surface area contributed by atoms with E-state index in [2.05, 4.69) is 107 Å². The molecule has 1 aromatic rings. The molecular formula is C64H98B2P2. The van der Waals surface area contributed by atoms with E-state index in [0.717, 1.165) is 94.7 Å². The topological polar surface area (TPSA) is 0 Å². The highest BCUT2D eigenvalue weighted by Gasteiger charge is 2.70. The Morgan fingerprint density at radius 1 is 0.338 bits per heavy atom. The molecule has 370 valence electrons. The third-order valence-corrected chi connectivity index (χ3v) is 33.2. The van der Waals surface area contributed by atoms with Crippen molar-refractivity contribution in [3.63, 3.8) is 0 Å². The van der Waals surface area contributed by atoms with E-state index >= 15 is 0 Å². The summed E-state index contributed by atoms with van der Waals surface area (Å²) < 4.78 is 0. The summed E-state index contributed by atoms with van der Waals surface area (Å²) in [7, 11) is 15.8. The van der Waals surface area contributed by atoms with Gasteiger partial charge in [-0.1, -0.05) is 123 Å². The van der Waals surface area contributed by atoms with Crippen LogP contribution in [-0.2, 0) is 0 Å². The van der Waals surface area contributed by atoms with Crippen molar-refractivity contribution in [2.24, 2.45) is 116 Å². The highest BCUT2D eigenvalue weighted by molar-refractivity contribution is 7.63. The van der Waals surface area contributed by atoms with Gasteiger partial charge in [-0.3, -0.25) is 0 Å². The highest BCUT2D eigenvalue weighted by Crippen LogP contribution is 2.86. The Labute approximate surface area is 424 Å². The quantitative estimate of drug-likeness (QED) is 0.180. The molecule has 0 heterocycles. The van der Waals surface area contributed by atoms with Gasteiger partial charge < -0.3 is 0 Å². The normalized spacial score (nSPS) is 51.4. The van der Waals surface area contributed by atoms with Crippen LogP contribution >= 0.6 is 15.8 Å². The van der Waals surface area contributed by atoms with Crippen LogP contribution < -0.4 is 0 Å². The smallest absolute Gasteiger partial charge is 0.0827 e. The minimum Gasteiger partial charge on any atom is -0.0953 e. The van der Waals surface area contributed by atoms with Gasteiger partial charge in [0.1, 0.15) is 0 Å². The van der Waals surface area contributed by atoms with E-state index in [1.165, 1.54) is 140 Å². The second-order valence-corrected chi connectivity index (χ2v) is 40.0. The largest absolute Gasteiger partial charge is 0.0953 e. The van der Waals surface area contributed by atoms with Crippen LogP contribution in [0.5, 0.6) is 0 Å². The minimum atomic E-state index is -0.409. The van der Waals surface area contributed by atoms with Crippen molar-refractivity contribution >= 4 is 31.5 Å². The molecule has 68 heavy (non-hydrogen) atoms. The van der Waals surface area contributed by atoms with Crippen molar-refractivity contribution < 1.29 is 0 Å². The number of hydrogen-bond donors (Lipinski definition) is 0. The predicted octanol–water partition coefficient (Wildman–Crippen LogP) is 17.9. The molecule has 0 N–H and O–H groups in total. The maximum absolute atomic E-state index is 8.31. The van der Waals surface area contributed by atoms with Gasteiger partial charge in [0.15, 0.2) is 0 Å². The number of benzene rings is 1. The number of rotatable bonds is 8. The van der Waals surface area contributed by atoms with Gasteiger partial charge >= 0.3 is 0 Å². The van der Waals surface area contributed by atoms with Gasteiger partial charge in [-0.05, 0) is 288 Å². The zero-order chi connectivity index (χ0) is 47.7. The lowest BCUT2D eigenvalue weighted by molar-refractivity contribution is -0.0818. The lowest BCUT2D eigenvalue weighted by Gasteiger charge is -2.72. The van der Waals surface area contributed by atoms with E-state index in [1.54, 1.807) is 0 Å². The maximum Gasteiger partial charge on any atom is 0.0827 e. The monoisotopic (exact) mass is 951 g/mol. The molecule has 0 saturated heterocycles. The second-order valence-electron chi connectivity index (χ2n) is 33.6. The molecule has 0 spiro atoms. The second kappa shape index (κ2) is 15.4. The van der Waals surface area contributed by atoms with Crippen LogP contribution in [0.2, 0.25) is 0 Å². The van der Waals surface area contributed by atoms with Gasteiger partial charge in [0.05, 0.1) is 15.7 Å². The van der Waals surface area contributed by atoms with Crippen LogP contribution in [0.25, 0.3) is 0 Å². The molecule has 16 saturated carbocycles. The SMILES string of the molecule is [B]C(c1ccc(C([B])P(C23CC4CC(C2)C(C(C)(C)C)C(C4)C3)C23CC4CC(C2)C(C(C)(C)C)C(C4)C3)cc1)P(C12CC3CC(C1)C(C(C)(C)C)C(C3)C2)C12CC3CC(C1)C(C(C)(C)C)C(C3)C2. The first-order valence-corrected chi connectivity index (χ1v) is 32.8. The molecule has 16 bridgehead atoms. The third kappa shape index (κ3) is 7.17. The first kappa shape index (κ1) is 47.9. The summed E-state index contributed by atoms with van der Waals surface area (Å²) in [4.78, 5) is 0. The van der Waals surface area contributed by atoms with Crippen molar-refractivity contribution in [1.29, 1.82) is 0 Å². The number of hydrogen-bond acceptors (Lipinski definition) is 0. The molecule has 17 rings (SSSR count). The van der Waals surface area contributed by atoms with Crippen molar-refractivity contribution in [1.82, 2.24) is 0 Å². The molecule has 0 aliphatic heterocycles. The van der Waals surface area contributed by atoms with Crippen molar-refractivity contribution in [3.05, 3.63) is 35.4 Å². The molecule has 16 fully saturated rings. The van der Waals surface area contributed by atoms with Crippen LogP contribution in [0.4, 0.5) is 0 Å². The maximum atomic E-state index is 8.31. The Kier molecular flexibility index (Phi) is 10.9. The fraction of sp³-hybridized carbons (Fsp3) is 0.906. The summed E-state index contributed by atoms with van der Waals surface area (Å²) in [5.41, 5.74) is 5.06. The Balaban J connectivity index is 0.869. The molecule has 16 aliphatic carbocycles. The zero-order valence-electron chi connectivity index (χ0n) is 45.9. The summed E-state index contributed by atoms with van der Waals surface area (Å²) in [6.07, 6.45) is 30.2. The Bertz CT molecular complexity index is 1780. The molecule has 16 aliphatic rings. The zero-order valence-corrected chi connectivity index (χ0v) is 47.7. The van der Waals surface area contributed by atoms with Crippen LogP contribution in [-0.4, -0.2) is 36.3 Å². The van der Waals surface area contributed by atoms with Crippen LogP contribution in [0.3, 0.4) is 0 Å². The minimum absolute atomic E-state index is 0.195. The van der Waals surface area contributed by atoms with E-state index in [9.17, 15) is 0 Å². The van der Waals surface area contributed by atoms with Gasteiger partial charge in [0.2, 0.25) is 0 Å². The molecular weight excluding hydrogens is 852 g/mol. The van der Waals surface area contributed by atoms with E-state index in [0.29, 0.717) is 42.3 Å².